The number of sulfone groups is 1. The van der Waals surface area contributed by atoms with Gasteiger partial charge in [-0.05, 0) is 19.3 Å². The number of nitrogens with zero attached hydrogens (tertiary/aromatic N) is 2. The second-order valence-electron chi connectivity index (χ2n) is 6.28. The third-order valence-corrected chi connectivity index (χ3v) is 7.31. The first-order valence-corrected chi connectivity index (χ1v) is 9.53. The highest BCUT2D eigenvalue weighted by molar-refractivity contribution is 7.92. The molecule has 2 aliphatic heterocycles. The minimum Gasteiger partial charge on any atom is -0.341 e. The first kappa shape index (κ1) is 14.3. The second kappa shape index (κ2) is 5.64. The van der Waals surface area contributed by atoms with E-state index in [0.717, 1.165) is 51.7 Å². The normalized spacial score (nSPS) is 34.2. The second-order valence-corrected chi connectivity index (χ2v) is 8.62. The molecule has 0 aromatic rings. The molecule has 3 rings (SSSR count). The lowest BCUT2D eigenvalue weighted by Gasteiger charge is -2.43. The van der Waals surface area contributed by atoms with Crippen LogP contribution >= 0.6 is 0 Å². The molecule has 6 heteroatoms. The number of carbonyl (C=O) groups is 1. The average molecular weight is 300 g/mol. The van der Waals surface area contributed by atoms with Crippen molar-refractivity contribution < 1.29 is 13.2 Å². The van der Waals surface area contributed by atoms with Crippen LogP contribution in [0.15, 0.2) is 0 Å². The Morgan fingerprint density at radius 1 is 1.05 bits per heavy atom. The predicted molar refractivity (Wildman–Crippen MR) is 77.2 cm³/mol. The van der Waals surface area contributed by atoms with E-state index in [2.05, 4.69) is 4.90 Å². The zero-order valence-corrected chi connectivity index (χ0v) is 12.8. The molecule has 5 nitrogen and oxygen atoms in total. The molecule has 0 aromatic carbocycles. The molecule has 0 aromatic heterocycles. The highest BCUT2D eigenvalue weighted by Crippen LogP contribution is 2.31. The highest BCUT2D eigenvalue weighted by atomic mass is 32.2. The Labute approximate surface area is 121 Å². The highest BCUT2D eigenvalue weighted by Gasteiger charge is 2.42. The molecular weight excluding hydrogens is 276 g/mol. The van der Waals surface area contributed by atoms with Crippen LogP contribution < -0.4 is 0 Å². The van der Waals surface area contributed by atoms with Crippen LogP contribution in [0.4, 0.5) is 0 Å². The summed E-state index contributed by atoms with van der Waals surface area (Å²) >= 11 is 0. The first-order valence-electron chi connectivity index (χ1n) is 7.81. The molecule has 3 fully saturated rings. The van der Waals surface area contributed by atoms with Gasteiger partial charge < -0.3 is 4.90 Å². The fraction of sp³-hybridized carbons (Fsp3) is 0.929. The van der Waals surface area contributed by atoms with Crippen LogP contribution in [0.3, 0.4) is 0 Å². The molecule has 2 heterocycles. The number of likely N-dealkylation sites (tertiary alicyclic amines) is 1. The summed E-state index contributed by atoms with van der Waals surface area (Å²) in [4.78, 5) is 15.9. The lowest BCUT2D eigenvalue weighted by atomic mass is 9.93. The lowest BCUT2D eigenvalue weighted by molar-refractivity contribution is -0.127. The van der Waals surface area contributed by atoms with Crippen LogP contribution in [0.2, 0.25) is 0 Å². The maximum Gasteiger partial charge on any atom is 0.222 e. The average Bonchev–Trinajstić information content (AvgIpc) is 2.84. The maximum atomic E-state index is 12.2. The van der Waals surface area contributed by atoms with Crippen LogP contribution in [-0.2, 0) is 14.6 Å². The molecule has 0 N–H and O–H groups in total. The topological polar surface area (TPSA) is 57.7 Å². The van der Waals surface area contributed by atoms with E-state index in [1.165, 1.54) is 0 Å². The van der Waals surface area contributed by atoms with Crippen molar-refractivity contribution in [3.8, 4) is 0 Å². The Kier molecular flexibility index (Phi) is 4.04. The van der Waals surface area contributed by atoms with Crippen molar-refractivity contribution in [1.82, 2.24) is 9.80 Å². The number of fused-ring (bicyclic) bond motifs is 1. The van der Waals surface area contributed by atoms with E-state index in [0.29, 0.717) is 18.7 Å². The zero-order chi connectivity index (χ0) is 14.2. The van der Waals surface area contributed by atoms with Gasteiger partial charge in [-0.2, -0.15) is 0 Å². The minimum absolute atomic E-state index is 0.153. The molecule has 1 aliphatic carbocycles. The van der Waals surface area contributed by atoms with Gasteiger partial charge in [0, 0.05) is 38.6 Å². The molecule has 1 amide bonds. The van der Waals surface area contributed by atoms with Crippen LogP contribution in [0.1, 0.15) is 38.5 Å². The summed E-state index contributed by atoms with van der Waals surface area (Å²) in [6.07, 6.45) is 5.65. The van der Waals surface area contributed by atoms with Gasteiger partial charge in [0.05, 0.1) is 11.0 Å². The van der Waals surface area contributed by atoms with Gasteiger partial charge in [0.15, 0.2) is 9.84 Å². The third-order valence-electron chi connectivity index (χ3n) is 5.09. The fourth-order valence-electron chi connectivity index (χ4n) is 3.94. The molecule has 3 aliphatic rings. The van der Waals surface area contributed by atoms with Crippen LogP contribution in [0.5, 0.6) is 0 Å². The summed E-state index contributed by atoms with van der Waals surface area (Å²) in [5.41, 5.74) is 0. The number of hydrogen-bond donors (Lipinski definition) is 0. The van der Waals surface area contributed by atoms with Gasteiger partial charge in [0.2, 0.25) is 5.91 Å². The molecule has 0 radical (unpaired) electrons. The van der Waals surface area contributed by atoms with Crippen LogP contribution in [-0.4, -0.2) is 67.3 Å². The van der Waals surface area contributed by atoms with Crippen molar-refractivity contribution in [2.24, 2.45) is 0 Å². The third kappa shape index (κ3) is 2.72. The summed E-state index contributed by atoms with van der Waals surface area (Å²) < 4.78 is 24.4. The van der Waals surface area contributed by atoms with E-state index < -0.39 is 9.84 Å². The standard InChI is InChI=1S/C14H24N2O3S/c17-14-6-3-7-16(14)9-8-15-10-11-20(18,19)13-5-2-1-4-12(13)15/h12-13H,1-11H2. The van der Waals surface area contributed by atoms with Crippen molar-refractivity contribution in [2.75, 3.05) is 31.9 Å². The maximum absolute atomic E-state index is 12.2. The minimum atomic E-state index is -2.89. The number of amides is 1. The summed E-state index contributed by atoms with van der Waals surface area (Å²) in [5.74, 6) is 0.553. The van der Waals surface area contributed by atoms with Crippen molar-refractivity contribution in [1.29, 1.82) is 0 Å². The summed E-state index contributed by atoms with van der Waals surface area (Å²) in [5, 5.41) is -0.153. The van der Waals surface area contributed by atoms with Gasteiger partial charge in [-0.25, -0.2) is 8.42 Å². The lowest BCUT2D eigenvalue weighted by Crippen LogP contribution is -2.57. The molecule has 20 heavy (non-hydrogen) atoms. The van der Waals surface area contributed by atoms with E-state index in [1.54, 1.807) is 0 Å². The molecule has 2 atom stereocenters. The van der Waals surface area contributed by atoms with Gasteiger partial charge in [-0.1, -0.05) is 12.8 Å². The Bertz CT molecular complexity index is 477. The number of carbonyl (C=O) groups excluding carboxylic acids is 1. The van der Waals surface area contributed by atoms with Gasteiger partial charge >= 0.3 is 0 Å². The van der Waals surface area contributed by atoms with Crippen molar-refractivity contribution in [3.63, 3.8) is 0 Å². The smallest absolute Gasteiger partial charge is 0.222 e. The van der Waals surface area contributed by atoms with Crippen LogP contribution in [0, 0.1) is 0 Å². The Morgan fingerprint density at radius 2 is 1.85 bits per heavy atom. The summed E-state index contributed by atoms with van der Waals surface area (Å²) in [7, 11) is -2.89. The van der Waals surface area contributed by atoms with E-state index in [9.17, 15) is 13.2 Å². The largest absolute Gasteiger partial charge is 0.341 e. The van der Waals surface area contributed by atoms with Gasteiger partial charge in [-0.3, -0.25) is 9.69 Å². The van der Waals surface area contributed by atoms with Gasteiger partial charge in [0.1, 0.15) is 0 Å². The van der Waals surface area contributed by atoms with Gasteiger partial charge in [-0.15, -0.1) is 0 Å². The quantitative estimate of drug-likeness (QED) is 0.768. The van der Waals surface area contributed by atoms with E-state index in [-0.39, 0.29) is 17.2 Å². The Morgan fingerprint density at radius 3 is 2.60 bits per heavy atom. The van der Waals surface area contributed by atoms with Crippen molar-refractivity contribution in [2.45, 2.75) is 49.8 Å². The summed E-state index contributed by atoms with van der Waals surface area (Å²) in [6.45, 7) is 3.12. The summed E-state index contributed by atoms with van der Waals surface area (Å²) in [6, 6.07) is 0.195. The fourth-order valence-corrected chi connectivity index (χ4v) is 6.05. The zero-order valence-electron chi connectivity index (χ0n) is 12.0. The predicted octanol–water partition coefficient (Wildman–Crippen LogP) is 0.650. The Hall–Kier alpha value is -0.620. The molecule has 0 spiro atoms. The number of hydrogen-bond acceptors (Lipinski definition) is 4. The van der Waals surface area contributed by atoms with Crippen molar-refractivity contribution >= 4 is 15.7 Å². The molecule has 0 bridgehead atoms. The van der Waals surface area contributed by atoms with Crippen LogP contribution in [0.25, 0.3) is 0 Å². The molecule has 2 saturated heterocycles. The molecule has 2 unspecified atom stereocenters. The van der Waals surface area contributed by atoms with E-state index >= 15 is 0 Å². The molecule has 114 valence electrons. The van der Waals surface area contributed by atoms with E-state index in [1.807, 2.05) is 4.90 Å². The molecule has 1 saturated carbocycles. The Balaban J connectivity index is 1.63. The molecular formula is C14H24N2O3S. The van der Waals surface area contributed by atoms with E-state index in [4.69, 9.17) is 0 Å². The monoisotopic (exact) mass is 300 g/mol. The van der Waals surface area contributed by atoms with Crippen molar-refractivity contribution in [3.05, 3.63) is 0 Å². The van der Waals surface area contributed by atoms with Gasteiger partial charge in [0.25, 0.3) is 0 Å². The first-order chi connectivity index (χ1) is 9.58. The SMILES string of the molecule is O=C1CCCN1CCN1CCS(=O)(=O)C2CCCCC21. The number of rotatable bonds is 3.